The first kappa shape index (κ1) is 12.7. The normalized spacial score (nSPS) is 10.8. The summed E-state index contributed by atoms with van der Waals surface area (Å²) in [6.45, 7) is 0.694. The summed E-state index contributed by atoms with van der Waals surface area (Å²) in [5.41, 5.74) is 0. The van der Waals surface area contributed by atoms with Crippen LogP contribution in [-0.4, -0.2) is 23.1 Å². The van der Waals surface area contributed by atoms with Gasteiger partial charge in [0.2, 0.25) is 5.89 Å². The van der Waals surface area contributed by atoms with Crippen LogP contribution in [0.25, 0.3) is 0 Å². The Morgan fingerprint density at radius 3 is 2.88 bits per heavy atom. The number of rotatable bonds is 5. The van der Waals surface area contributed by atoms with Gasteiger partial charge >= 0.3 is 6.01 Å². The third-order valence-electron chi connectivity index (χ3n) is 2.11. The second-order valence-corrected chi connectivity index (χ2v) is 5.66. The molecule has 0 fully saturated rings. The van der Waals surface area contributed by atoms with Gasteiger partial charge in [-0.2, -0.15) is 0 Å². The predicted octanol–water partition coefficient (Wildman–Crippen LogP) is 3.20. The number of anilines is 1. The van der Waals surface area contributed by atoms with Crippen molar-refractivity contribution in [2.75, 3.05) is 17.8 Å². The van der Waals surface area contributed by atoms with Crippen molar-refractivity contribution in [1.82, 2.24) is 10.2 Å². The fraction of sp³-hybridized carbons (Fsp3) is 0.400. The molecule has 0 saturated heterocycles. The first-order chi connectivity index (χ1) is 8.19. The van der Waals surface area contributed by atoms with Crippen molar-refractivity contribution in [3.63, 3.8) is 0 Å². The molecule has 0 aliphatic carbocycles. The number of aromatic nitrogens is 2. The third kappa shape index (κ3) is 3.34. The average Bonchev–Trinajstić information content (AvgIpc) is 2.88. The maximum absolute atomic E-state index is 5.87. The first-order valence-corrected chi connectivity index (χ1v) is 6.75. The van der Waals surface area contributed by atoms with E-state index in [0.29, 0.717) is 30.8 Å². The van der Waals surface area contributed by atoms with E-state index in [1.165, 1.54) is 0 Å². The van der Waals surface area contributed by atoms with E-state index < -0.39 is 0 Å². The summed E-state index contributed by atoms with van der Waals surface area (Å²) in [4.78, 5) is 3.03. The summed E-state index contributed by atoms with van der Waals surface area (Å²) in [5.74, 6) is 1.04. The maximum Gasteiger partial charge on any atom is 0.318 e. The molecule has 0 aliphatic heterocycles. The molecule has 2 aromatic heterocycles. The highest BCUT2D eigenvalue weighted by atomic mass is 35.5. The lowest BCUT2D eigenvalue weighted by Crippen LogP contribution is -2.15. The zero-order chi connectivity index (χ0) is 12.3. The molecule has 2 rings (SSSR count). The number of aryl methyl sites for hydroxylation is 1. The summed E-state index contributed by atoms with van der Waals surface area (Å²) in [6.07, 6.45) is 0.591. The average molecular weight is 292 g/mol. The minimum Gasteiger partial charge on any atom is -0.408 e. The standard InChI is InChI=1S/C10H11Cl2N3OS/c1-15(6-7-2-3-8(12)17-7)10-14-13-9(16-10)4-5-11/h2-3H,4-6H2,1H3. The number of hydrogen-bond acceptors (Lipinski definition) is 5. The molecule has 0 amide bonds. The Labute approximate surface area is 113 Å². The Kier molecular flexibility index (Phi) is 4.25. The summed E-state index contributed by atoms with van der Waals surface area (Å²) >= 11 is 13.0. The summed E-state index contributed by atoms with van der Waals surface area (Å²) in [5, 5.41) is 7.87. The number of halogens is 2. The molecular weight excluding hydrogens is 281 g/mol. The van der Waals surface area contributed by atoms with Crippen molar-refractivity contribution in [3.05, 3.63) is 27.2 Å². The Bertz CT molecular complexity index is 485. The van der Waals surface area contributed by atoms with Crippen LogP contribution in [0.4, 0.5) is 6.01 Å². The molecule has 0 bridgehead atoms. The van der Waals surface area contributed by atoms with Gasteiger partial charge in [0, 0.05) is 24.2 Å². The lowest BCUT2D eigenvalue weighted by atomic mass is 10.4. The number of alkyl halides is 1. The van der Waals surface area contributed by atoms with Gasteiger partial charge < -0.3 is 9.32 Å². The van der Waals surface area contributed by atoms with Gasteiger partial charge in [0.25, 0.3) is 0 Å². The van der Waals surface area contributed by atoms with Gasteiger partial charge in [0.05, 0.1) is 10.9 Å². The quantitative estimate of drug-likeness (QED) is 0.794. The SMILES string of the molecule is CN(Cc1ccc(Cl)s1)c1nnc(CCCl)o1. The second-order valence-electron chi connectivity index (χ2n) is 3.48. The number of hydrogen-bond donors (Lipinski definition) is 0. The third-order valence-corrected chi connectivity index (χ3v) is 3.52. The van der Waals surface area contributed by atoms with Gasteiger partial charge in [-0.25, -0.2) is 0 Å². The smallest absolute Gasteiger partial charge is 0.318 e. The molecule has 0 saturated carbocycles. The fourth-order valence-corrected chi connectivity index (χ4v) is 2.62. The van der Waals surface area contributed by atoms with Gasteiger partial charge in [-0.1, -0.05) is 16.7 Å². The van der Waals surface area contributed by atoms with E-state index in [1.54, 1.807) is 11.3 Å². The van der Waals surface area contributed by atoms with Gasteiger partial charge in [0.1, 0.15) is 0 Å². The van der Waals surface area contributed by atoms with Crippen LogP contribution in [0.3, 0.4) is 0 Å². The van der Waals surface area contributed by atoms with Gasteiger partial charge in [-0.15, -0.1) is 28.0 Å². The number of nitrogens with zero attached hydrogens (tertiary/aromatic N) is 3. The zero-order valence-electron chi connectivity index (χ0n) is 9.19. The summed E-state index contributed by atoms with van der Waals surface area (Å²) in [6, 6.07) is 4.36. The minimum absolute atomic E-state index is 0.478. The molecule has 2 aromatic rings. The first-order valence-electron chi connectivity index (χ1n) is 5.02. The highest BCUT2D eigenvalue weighted by Gasteiger charge is 2.11. The van der Waals surface area contributed by atoms with Crippen LogP contribution < -0.4 is 4.90 Å². The van der Waals surface area contributed by atoms with Crippen LogP contribution in [0.5, 0.6) is 0 Å². The van der Waals surface area contributed by atoms with Crippen molar-refractivity contribution in [1.29, 1.82) is 0 Å². The molecule has 0 unspecified atom stereocenters. The van der Waals surface area contributed by atoms with Gasteiger partial charge in [-0.3, -0.25) is 0 Å². The van der Waals surface area contributed by atoms with Crippen molar-refractivity contribution in [2.45, 2.75) is 13.0 Å². The minimum atomic E-state index is 0.478. The molecule has 0 atom stereocenters. The molecule has 0 aromatic carbocycles. The molecule has 0 N–H and O–H groups in total. The number of thiophene rings is 1. The monoisotopic (exact) mass is 291 g/mol. The Morgan fingerprint density at radius 2 is 2.24 bits per heavy atom. The Balaban J connectivity index is 2.01. The van der Waals surface area contributed by atoms with E-state index in [0.717, 1.165) is 9.21 Å². The lowest BCUT2D eigenvalue weighted by molar-refractivity contribution is 0.495. The maximum atomic E-state index is 5.87. The van der Waals surface area contributed by atoms with E-state index in [1.807, 2.05) is 24.1 Å². The van der Waals surface area contributed by atoms with E-state index in [9.17, 15) is 0 Å². The van der Waals surface area contributed by atoms with E-state index >= 15 is 0 Å². The van der Waals surface area contributed by atoms with Crippen LogP contribution in [0, 0.1) is 0 Å². The van der Waals surface area contributed by atoms with Gasteiger partial charge in [-0.05, 0) is 12.1 Å². The highest BCUT2D eigenvalue weighted by Crippen LogP contribution is 2.23. The van der Waals surface area contributed by atoms with E-state index in [4.69, 9.17) is 27.6 Å². The molecule has 2 heterocycles. The molecule has 0 radical (unpaired) electrons. The molecule has 92 valence electrons. The van der Waals surface area contributed by atoms with E-state index in [-0.39, 0.29) is 0 Å². The van der Waals surface area contributed by atoms with Crippen LogP contribution in [-0.2, 0) is 13.0 Å². The van der Waals surface area contributed by atoms with Crippen molar-refractivity contribution in [2.24, 2.45) is 0 Å². The molecule has 4 nitrogen and oxygen atoms in total. The zero-order valence-corrected chi connectivity index (χ0v) is 11.5. The molecule has 7 heteroatoms. The predicted molar refractivity (Wildman–Crippen MR) is 70.2 cm³/mol. The molecule has 0 spiro atoms. The topological polar surface area (TPSA) is 42.2 Å². The lowest BCUT2D eigenvalue weighted by Gasteiger charge is -2.11. The van der Waals surface area contributed by atoms with Crippen molar-refractivity contribution >= 4 is 40.6 Å². The largest absolute Gasteiger partial charge is 0.408 e. The van der Waals surface area contributed by atoms with Crippen LogP contribution in [0.1, 0.15) is 10.8 Å². The van der Waals surface area contributed by atoms with Crippen molar-refractivity contribution in [3.8, 4) is 0 Å². The Morgan fingerprint density at radius 1 is 1.41 bits per heavy atom. The van der Waals surface area contributed by atoms with Crippen LogP contribution in [0.2, 0.25) is 4.34 Å². The fourth-order valence-electron chi connectivity index (χ4n) is 1.32. The van der Waals surface area contributed by atoms with Crippen LogP contribution in [0.15, 0.2) is 16.5 Å². The molecule has 0 aliphatic rings. The second kappa shape index (κ2) is 5.71. The Hall–Kier alpha value is -0.780. The highest BCUT2D eigenvalue weighted by molar-refractivity contribution is 7.16. The molecular formula is C10H11Cl2N3OS. The van der Waals surface area contributed by atoms with Crippen molar-refractivity contribution < 1.29 is 4.42 Å². The summed E-state index contributed by atoms with van der Waals surface area (Å²) in [7, 11) is 1.89. The van der Waals surface area contributed by atoms with Gasteiger partial charge in [0.15, 0.2) is 0 Å². The summed E-state index contributed by atoms with van der Waals surface area (Å²) < 4.78 is 6.24. The van der Waals surface area contributed by atoms with E-state index in [2.05, 4.69) is 10.2 Å². The molecule has 17 heavy (non-hydrogen) atoms. The van der Waals surface area contributed by atoms with Crippen LogP contribution >= 0.6 is 34.5 Å².